The largest absolute Gasteiger partial charge is 0.401 e. The van der Waals surface area contributed by atoms with Crippen LogP contribution in [0.15, 0.2) is 22.3 Å². The molecule has 1 fully saturated rings. The highest BCUT2D eigenvalue weighted by molar-refractivity contribution is 9.11. The summed E-state index contributed by atoms with van der Waals surface area (Å²) in [5.74, 6) is 0. The quantitative estimate of drug-likeness (QED) is 0.730. The molecular formula is C9H14BrNO. The van der Waals surface area contributed by atoms with E-state index in [-0.39, 0.29) is 12.0 Å². The standard InChI is InChI=1S/C9H14BrNO/c1-2-7(10)5-8(11)9(6-12)3-4-9/h2,5,12H,3-4,6,11H2,1H3/b7-2+,8-5-. The van der Waals surface area contributed by atoms with Crippen molar-refractivity contribution in [1.82, 2.24) is 0 Å². The summed E-state index contributed by atoms with van der Waals surface area (Å²) in [6, 6.07) is 0. The minimum Gasteiger partial charge on any atom is -0.401 e. The predicted octanol–water partition coefficient (Wildman–Crippen LogP) is 1.90. The molecule has 0 atom stereocenters. The predicted molar refractivity (Wildman–Crippen MR) is 53.7 cm³/mol. The van der Waals surface area contributed by atoms with E-state index in [1.165, 1.54) is 0 Å². The number of allylic oxidation sites excluding steroid dienone is 3. The lowest BCUT2D eigenvalue weighted by Crippen LogP contribution is -2.16. The van der Waals surface area contributed by atoms with Gasteiger partial charge in [0.15, 0.2) is 0 Å². The molecule has 0 aromatic rings. The molecular weight excluding hydrogens is 218 g/mol. The summed E-state index contributed by atoms with van der Waals surface area (Å²) >= 11 is 3.35. The molecule has 3 N–H and O–H groups in total. The second-order valence-corrected chi connectivity index (χ2v) is 4.13. The Kier molecular flexibility index (Phi) is 2.96. The summed E-state index contributed by atoms with van der Waals surface area (Å²) in [5, 5.41) is 9.06. The van der Waals surface area contributed by atoms with Gasteiger partial charge in [-0.1, -0.05) is 22.0 Å². The Morgan fingerprint density at radius 3 is 2.58 bits per heavy atom. The van der Waals surface area contributed by atoms with Crippen LogP contribution in [0.2, 0.25) is 0 Å². The van der Waals surface area contributed by atoms with Gasteiger partial charge in [0, 0.05) is 15.6 Å². The molecule has 1 aliphatic rings. The first-order valence-electron chi connectivity index (χ1n) is 4.05. The van der Waals surface area contributed by atoms with Crippen LogP contribution in [-0.2, 0) is 0 Å². The Morgan fingerprint density at radius 2 is 2.25 bits per heavy atom. The van der Waals surface area contributed by atoms with Crippen molar-refractivity contribution < 1.29 is 5.11 Å². The normalized spacial score (nSPS) is 22.6. The topological polar surface area (TPSA) is 46.2 Å². The molecule has 0 spiro atoms. The van der Waals surface area contributed by atoms with E-state index in [0.29, 0.717) is 0 Å². The first-order chi connectivity index (χ1) is 5.64. The minimum atomic E-state index is -0.0952. The molecule has 0 heterocycles. The Balaban J connectivity index is 2.70. The van der Waals surface area contributed by atoms with Gasteiger partial charge in [-0.2, -0.15) is 0 Å². The maximum Gasteiger partial charge on any atom is 0.0542 e. The van der Waals surface area contributed by atoms with E-state index in [4.69, 9.17) is 10.8 Å². The lowest BCUT2D eigenvalue weighted by molar-refractivity contribution is 0.233. The first kappa shape index (κ1) is 9.81. The molecule has 3 heteroatoms. The fraction of sp³-hybridized carbons (Fsp3) is 0.556. The number of halogens is 1. The maximum atomic E-state index is 9.06. The number of hydrogen-bond donors (Lipinski definition) is 2. The van der Waals surface area contributed by atoms with Crippen LogP contribution in [0.3, 0.4) is 0 Å². The molecule has 1 aliphatic carbocycles. The van der Waals surface area contributed by atoms with E-state index in [1.807, 2.05) is 19.1 Å². The second kappa shape index (κ2) is 3.62. The van der Waals surface area contributed by atoms with Gasteiger partial charge in [0.1, 0.15) is 0 Å². The lowest BCUT2D eigenvalue weighted by atomic mass is 10.0. The highest BCUT2D eigenvalue weighted by Crippen LogP contribution is 2.49. The summed E-state index contributed by atoms with van der Waals surface area (Å²) in [6.07, 6.45) is 5.83. The third-order valence-electron chi connectivity index (χ3n) is 2.34. The summed E-state index contributed by atoms with van der Waals surface area (Å²) in [4.78, 5) is 0. The molecule has 0 aliphatic heterocycles. The van der Waals surface area contributed by atoms with Crippen LogP contribution in [0, 0.1) is 5.41 Å². The minimum absolute atomic E-state index is 0.0952. The average molecular weight is 232 g/mol. The number of aliphatic hydroxyl groups excluding tert-OH is 1. The van der Waals surface area contributed by atoms with Gasteiger partial charge in [0.2, 0.25) is 0 Å². The monoisotopic (exact) mass is 231 g/mol. The van der Waals surface area contributed by atoms with Crippen molar-refractivity contribution in [3.8, 4) is 0 Å². The molecule has 68 valence electrons. The summed E-state index contributed by atoms with van der Waals surface area (Å²) in [5.41, 5.74) is 6.52. The van der Waals surface area contributed by atoms with Crippen LogP contribution in [0.5, 0.6) is 0 Å². The molecule has 0 aromatic carbocycles. The van der Waals surface area contributed by atoms with Gasteiger partial charge < -0.3 is 10.8 Å². The van der Waals surface area contributed by atoms with Crippen molar-refractivity contribution in [3.05, 3.63) is 22.3 Å². The van der Waals surface area contributed by atoms with Crippen molar-refractivity contribution in [1.29, 1.82) is 0 Å². The highest BCUT2D eigenvalue weighted by Gasteiger charge is 2.44. The third kappa shape index (κ3) is 1.90. The van der Waals surface area contributed by atoms with Crippen LogP contribution < -0.4 is 5.73 Å². The van der Waals surface area contributed by atoms with Gasteiger partial charge in [-0.25, -0.2) is 0 Å². The number of rotatable bonds is 3. The van der Waals surface area contributed by atoms with E-state index < -0.39 is 0 Å². The SMILES string of the molecule is C/C=C(Br)\C=C(/N)C1(CO)CC1. The molecule has 0 unspecified atom stereocenters. The molecule has 0 radical (unpaired) electrons. The first-order valence-corrected chi connectivity index (χ1v) is 4.84. The van der Waals surface area contributed by atoms with Crippen LogP contribution >= 0.6 is 15.9 Å². The van der Waals surface area contributed by atoms with E-state index in [9.17, 15) is 0 Å². The van der Waals surface area contributed by atoms with Gasteiger partial charge in [-0.3, -0.25) is 0 Å². The smallest absolute Gasteiger partial charge is 0.0542 e. The van der Waals surface area contributed by atoms with Crippen LogP contribution in [0.25, 0.3) is 0 Å². The molecule has 1 rings (SSSR count). The zero-order chi connectivity index (χ0) is 9.19. The van der Waals surface area contributed by atoms with Gasteiger partial charge in [-0.15, -0.1) is 0 Å². The Bertz CT molecular complexity index is 229. The fourth-order valence-electron chi connectivity index (χ4n) is 1.07. The molecule has 0 amide bonds. The Labute approximate surface area is 81.3 Å². The van der Waals surface area contributed by atoms with E-state index >= 15 is 0 Å². The average Bonchev–Trinajstić information content (AvgIpc) is 2.84. The molecule has 1 saturated carbocycles. The molecule has 0 aromatic heterocycles. The maximum absolute atomic E-state index is 9.06. The van der Waals surface area contributed by atoms with E-state index in [2.05, 4.69) is 15.9 Å². The molecule has 2 nitrogen and oxygen atoms in total. The zero-order valence-electron chi connectivity index (χ0n) is 7.18. The van der Waals surface area contributed by atoms with Crippen molar-refractivity contribution in [2.24, 2.45) is 11.1 Å². The molecule has 12 heavy (non-hydrogen) atoms. The van der Waals surface area contributed by atoms with Gasteiger partial charge in [-0.05, 0) is 25.8 Å². The highest BCUT2D eigenvalue weighted by atomic mass is 79.9. The summed E-state index contributed by atoms with van der Waals surface area (Å²) < 4.78 is 0.972. The van der Waals surface area contributed by atoms with Gasteiger partial charge in [0.25, 0.3) is 0 Å². The lowest BCUT2D eigenvalue weighted by Gasteiger charge is -2.11. The summed E-state index contributed by atoms with van der Waals surface area (Å²) in [6.45, 7) is 2.10. The van der Waals surface area contributed by atoms with Crippen molar-refractivity contribution in [3.63, 3.8) is 0 Å². The Hall–Kier alpha value is -0.280. The molecule has 0 saturated heterocycles. The second-order valence-electron chi connectivity index (χ2n) is 3.21. The van der Waals surface area contributed by atoms with E-state index in [0.717, 1.165) is 23.0 Å². The van der Waals surface area contributed by atoms with Crippen molar-refractivity contribution in [2.75, 3.05) is 6.61 Å². The fourth-order valence-corrected chi connectivity index (χ4v) is 1.32. The van der Waals surface area contributed by atoms with Crippen LogP contribution in [0.1, 0.15) is 19.8 Å². The summed E-state index contributed by atoms with van der Waals surface area (Å²) in [7, 11) is 0. The number of aliphatic hydroxyl groups is 1. The van der Waals surface area contributed by atoms with E-state index in [1.54, 1.807) is 0 Å². The molecule has 0 bridgehead atoms. The van der Waals surface area contributed by atoms with Crippen LogP contribution in [0.4, 0.5) is 0 Å². The number of hydrogen-bond acceptors (Lipinski definition) is 2. The third-order valence-corrected chi connectivity index (χ3v) is 3.02. The van der Waals surface area contributed by atoms with Gasteiger partial charge in [0.05, 0.1) is 6.61 Å². The van der Waals surface area contributed by atoms with Crippen molar-refractivity contribution in [2.45, 2.75) is 19.8 Å². The number of nitrogens with two attached hydrogens (primary N) is 1. The Morgan fingerprint density at radius 1 is 1.67 bits per heavy atom. The van der Waals surface area contributed by atoms with Crippen LogP contribution in [-0.4, -0.2) is 11.7 Å². The van der Waals surface area contributed by atoms with Gasteiger partial charge >= 0.3 is 0 Å². The zero-order valence-corrected chi connectivity index (χ0v) is 8.76. The van der Waals surface area contributed by atoms with Crippen molar-refractivity contribution >= 4 is 15.9 Å².